The van der Waals surface area contributed by atoms with Gasteiger partial charge in [0, 0.05) is 5.01 Å². The molecule has 0 aliphatic rings. The number of amides is 1. The fourth-order valence-corrected chi connectivity index (χ4v) is 1.17. The summed E-state index contributed by atoms with van der Waals surface area (Å²) in [6.45, 7) is 2.15. The number of para-hydroxylation sites is 1. The molecule has 1 amide bonds. The Kier molecular flexibility index (Phi) is 5.59. The van der Waals surface area contributed by atoms with Gasteiger partial charge in [-0.05, 0) is 18.6 Å². The zero-order valence-corrected chi connectivity index (χ0v) is 9.94. The maximum absolute atomic E-state index is 11.5. The summed E-state index contributed by atoms with van der Waals surface area (Å²) in [6.07, 6.45) is 0.397. The molecule has 18 heavy (non-hydrogen) atoms. The quantitative estimate of drug-likeness (QED) is 0.337. The van der Waals surface area contributed by atoms with Crippen LogP contribution >= 0.6 is 0 Å². The molecule has 0 fully saturated rings. The predicted molar refractivity (Wildman–Crippen MR) is 63.3 cm³/mol. The summed E-state index contributed by atoms with van der Waals surface area (Å²) in [4.78, 5) is 31.3. The Morgan fingerprint density at radius 3 is 2.61 bits per heavy atom. The Morgan fingerprint density at radius 2 is 2.06 bits per heavy atom. The van der Waals surface area contributed by atoms with Crippen LogP contribution in [-0.4, -0.2) is 17.7 Å². The summed E-state index contributed by atoms with van der Waals surface area (Å²) in [5.41, 5.74) is 0.103. The lowest BCUT2D eigenvalue weighted by Gasteiger charge is -2.10. The number of anilines is 1. The molecule has 7 nitrogen and oxygen atoms in total. The first-order valence-electron chi connectivity index (χ1n) is 5.49. The van der Waals surface area contributed by atoms with Crippen LogP contribution in [0.4, 0.5) is 10.5 Å². The highest BCUT2D eigenvalue weighted by atomic mass is 17.2. The number of carbonyl (C=O) groups excluding carboxylic acids is 1. The lowest BCUT2D eigenvalue weighted by atomic mass is 10.3. The Labute approximate surface area is 104 Å². The van der Waals surface area contributed by atoms with Crippen molar-refractivity contribution in [2.45, 2.75) is 19.8 Å². The van der Waals surface area contributed by atoms with Crippen LogP contribution in [0, 0.1) is 10.1 Å². The SMILES string of the molecule is CCCCOOC(=O)N(c1ccccc1)[N+](=O)[O-]. The Hall–Kier alpha value is -2.15. The Morgan fingerprint density at radius 1 is 1.39 bits per heavy atom. The number of nitro groups is 1. The molecule has 0 saturated heterocycles. The normalized spacial score (nSPS) is 9.83. The van der Waals surface area contributed by atoms with E-state index in [-0.39, 0.29) is 17.3 Å². The number of benzene rings is 1. The van der Waals surface area contributed by atoms with Crippen LogP contribution in [0.15, 0.2) is 30.3 Å². The smallest absolute Gasteiger partial charge is 0.271 e. The molecule has 1 rings (SSSR count). The van der Waals surface area contributed by atoms with E-state index in [1.54, 1.807) is 18.2 Å². The first kappa shape index (κ1) is 13.9. The second-order valence-electron chi connectivity index (χ2n) is 3.41. The van der Waals surface area contributed by atoms with Gasteiger partial charge in [-0.2, -0.15) is 4.89 Å². The van der Waals surface area contributed by atoms with E-state index < -0.39 is 11.1 Å². The monoisotopic (exact) mass is 254 g/mol. The minimum absolute atomic E-state index is 0.103. The molecule has 0 spiro atoms. The van der Waals surface area contributed by atoms with Crippen molar-refractivity contribution in [1.82, 2.24) is 0 Å². The highest BCUT2D eigenvalue weighted by Gasteiger charge is 2.29. The van der Waals surface area contributed by atoms with Crippen LogP contribution in [0.1, 0.15) is 19.8 Å². The highest BCUT2D eigenvalue weighted by Crippen LogP contribution is 2.14. The molecule has 0 unspecified atom stereocenters. The van der Waals surface area contributed by atoms with Gasteiger partial charge in [0.1, 0.15) is 5.69 Å². The molecule has 1 aromatic carbocycles. The zero-order chi connectivity index (χ0) is 13.4. The summed E-state index contributed by atoms with van der Waals surface area (Å²) >= 11 is 0. The standard InChI is InChI=1S/C11H14N2O5/c1-2-3-9-17-18-11(14)12(13(15)16)10-7-5-4-6-8-10/h4-8H,2-3,9H2,1H3. The number of hydrazine groups is 1. The van der Waals surface area contributed by atoms with Gasteiger partial charge in [-0.15, -0.1) is 0 Å². The van der Waals surface area contributed by atoms with Crippen molar-refractivity contribution in [2.75, 3.05) is 11.6 Å². The topological polar surface area (TPSA) is 81.9 Å². The van der Waals surface area contributed by atoms with Gasteiger partial charge in [0.05, 0.1) is 6.61 Å². The first-order chi connectivity index (χ1) is 8.66. The van der Waals surface area contributed by atoms with Crippen molar-refractivity contribution in [1.29, 1.82) is 0 Å². The van der Waals surface area contributed by atoms with Gasteiger partial charge >= 0.3 is 6.09 Å². The van der Waals surface area contributed by atoms with Crippen molar-refractivity contribution in [3.63, 3.8) is 0 Å². The van der Waals surface area contributed by atoms with E-state index in [4.69, 9.17) is 0 Å². The number of hydrogen-bond donors (Lipinski definition) is 0. The largest absolute Gasteiger partial charge is 0.504 e. The van der Waals surface area contributed by atoms with Gasteiger partial charge < -0.3 is 0 Å². The molecule has 0 saturated carbocycles. The first-order valence-corrected chi connectivity index (χ1v) is 5.49. The molecule has 0 aliphatic heterocycles. The van der Waals surface area contributed by atoms with Crippen molar-refractivity contribution in [3.8, 4) is 0 Å². The molecule has 0 atom stereocenters. The second kappa shape index (κ2) is 7.23. The summed E-state index contributed by atoms with van der Waals surface area (Å²) in [7, 11) is 0. The predicted octanol–water partition coefficient (Wildman–Crippen LogP) is 2.55. The van der Waals surface area contributed by atoms with Gasteiger partial charge in [-0.1, -0.05) is 31.5 Å². The molecule has 0 N–H and O–H groups in total. The Balaban J connectivity index is 2.63. The molecule has 0 heterocycles. The van der Waals surface area contributed by atoms with Gasteiger partial charge in [0.2, 0.25) is 0 Å². The highest BCUT2D eigenvalue weighted by molar-refractivity contribution is 5.84. The average molecular weight is 254 g/mol. The summed E-state index contributed by atoms with van der Waals surface area (Å²) in [6, 6.07) is 7.70. The van der Waals surface area contributed by atoms with Crippen LogP contribution in [0.3, 0.4) is 0 Å². The third kappa shape index (κ3) is 4.02. The maximum Gasteiger partial charge on any atom is 0.504 e. The van der Waals surface area contributed by atoms with E-state index in [1.807, 2.05) is 6.92 Å². The fourth-order valence-electron chi connectivity index (χ4n) is 1.17. The van der Waals surface area contributed by atoms with Crippen molar-refractivity contribution in [3.05, 3.63) is 40.4 Å². The van der Waals surface area contributed by atoms with Gasteiger partial charge in [0.15, 0.2) is 5.03 Å². The summed E-state index contributed by atoms with van der Waals surface area (Å²) in [5, 5.41) is 10.2. The number of nitrogens with zero attached hydrogens (tertiary/aromatic N) is 2. The van der Waals surface area contributed by atoms with Crippen molar-refractivity contribution >= 4 is 11.8 Å². The second-order valence-corrected chi connectivity index (χ2v) is 3.41. The molecule has 98 valence electrons. The lowest BCUT2D eigenvalue weighted by Crippen LogP contribution is -2.36. The molecule has 7 heteroatoms. The number of rotatable bonds is 6. The minimum atomic E-state index is -1.18. The van der Waals surface area contributed by atoms with Gasteiger partial charge in [0.25, 0.3) is 0 Å². The summed E-state index contributed by atoms with van der Waals surface area (Å²) in [5.74, 6) is 0. The van der Waals surface area contributed by atoms with E-state index in [9.17, 15) is 14.9 Å². The van der Waals surface area contributed by atoms with Crippen LogP contribution in [0.2, 0.25) is 0 Å². The van der Waals surface area contributed by atoms with Gasteiger partial charge in [-0.25, -0.2) is 14.9 Å². The number of unbranched alkanes of at least 4 members (excludes halogenated alkanes) is 1. The van der Waals surface area contributed by atoms with Crippen LogP contribution in [-0.2, 0) is 9.78 Å². The van der Waals surface area contributed by atoms with E-state index in [0.717, 1.165) is 6.42 Å². The van der Waals surface area contributed by atoms with Crippen LogP contribution in [0.5, 0.6) is 0 Å². The molecular formula is C11H14N2O5. The molecule has 0 radical (unpaired) electrons. The van der Waals surface area contributed by atoms with E-state index in [0.29, 0.717) is 6.42 Å². The fraction of sp³-hybridized carbons (Fsp3) is 0.364. The molecule has 1 aromatic rings. The molecule has 0 aliphatic carbocycles. The van der Waals surface area contributed by atoms with E-state index >= 15 is 0 Å². The van der Waals surface area contributed by atoms with Gasteiger partial charge in [-0.3, -0.25) is 4.89 Å². The molecular weight excluding hydrogens is 240 g/mol. The minimum Gasteiger partial charge on any atom is -0.271 e. The van der Waals surface area contributed by atoms with E-state index in [2.05, 4.69) is 9.78 Å². The third-order valence-electron chi connectivity index (χ3n) is 2.05. The van der Waals surface area contributed by atoms with Crippen LogP contribution < -0.4 is 5.01 Å². The van der Waals surface area contributed by atoms with Crippen molar-refractivity contribution < 1.29 is 19.6 Å². The molecule has 0 bridgehead atoms. The summed E-state index contributed by atoms with van der Waals surface area (Å²) < 4.78 is 0. The zero-order valence-electron chi connectivity index (χ0n) is 9.94. The third-order valence-corrected chi connectivity index (χ3v) is 2.05. The Bertz CT molecular complexity index is 396. The molecule has 0 aromatic heterocycles. The average Bonchev–Trinajstić information content (AvgIpc) is 2.36. The maximum atomic E-state index is 11.5. The number of carbonyl (C=O) groups is 1. The number of hydrogen-bond acceptors (Lipinski definition) is 5. The van der Waals surface area contributed by atoms with Crippen LogP contribution in [0.25, 0.3) is 0 Å². The van der Waals surface area contributed by atoms with Crippen molar-refractivity contribution in [2.24, 2.45) is 0 Å². The van der Waals surface area contributed by atoms with E-state index in [1.165, 1.54) is 12.1 Å². The lowest BCUT2D eigenvalue weighted by molar-refractivity contribution is -0.487.